The second-order valence-electron chi connectivity index (χ2n) is 4.59. The zero-order valence-electron chi connectivity index (χ0n) is 8.55. The lowest BCUT2D eigenvalue weighted by Gasteiger charge is -2.23. The summed E-state index contributed by atoms with van der Waals surface area (Å²) in [5, 5.41) is 0. The molecule has 2 bridgehead atoms. The fourth-order valence-electron chi connectivity index (χ4n) is 4.02. The van der Waals surface area contributed by atoms with Crippen molar-refractivity contribution < 1.29 is 0 Å². The molecule has 0 heterocycles. The van der Waals surface area contributed by atoms with Gasteiger partial charge in [-0.25, -0.2) is 0 Å². The second kappa shape index (κ2) is 4.48. The zero-order chi connectivity index (χ0) is 8.55. The van der Waals surface area contributed by atoms with Gasteiger partial charge in [-0.1, -0.05) is 27.7 Å². The zero-order valence-corrected chi connectivity index (χ0v) is 8.55. The van der Waals surface area contributed by atoms with Gasteiger partial charge < -0.3 is 0 Å². The van der Waals surface area contributed by atoms with Crippen molar-refractivity contribution in [2.75, 3.05) is 0 Å². The van der Waals surface area contributed by atoms with E-state index in [1.807, 2.05) is 13.8 Å². The van der Waals surface area contributed by atoms with Gasteiger partial charge in [0.1, 0.15) is 0 Å². The Labute approximate surface area is 84.1 Å². The highest BCUT2D eigenvalue weighted by atomic mass is 14.5. The van der Waals surface area contributed by atoms with Crippen molar-refractivity contribution in [3.63, 3.8) is 0 Å². The molecule has 0 aliphatic heterocycles. The fraction of sp³-hybridized carbons (Fsp3) is 1.00. The smallest absolute Gasteiger partial charge is 0.0355 e. The van der Waals surface area contributed by atoms with Crippen molar-refractivity contribution in [1.82, 2.24) is 0 Å². The Bertz CT molecular complexity index is 134. The normalized spacial score (nSPS) is 44.8. The highest BCUT2D eigenvalue weighted by Crippen LogP contribution is 2.58. The first-order valence-corrected chi connectivity index (χ1v) is 5.95. The van der Waals surface area contributed by atoms with E-state index < -0.39 is 0 Å². The summed E-state index contributed by atoms with van der Waals surface area (Å²) in [5.41, 5.74) is 0. The number of hydrogen-bond donors (Lipinski definition) is 0. The highest BCUT2D eigenvalue weighted by Gasteiger charge is 2.48. The molecule has 0 heteroatoms. The maximum atomic E-state index is 2.00. The van der Waals surface area contributed by atoms with Crippen molar-refractivity contribution in [3.05, 3.63) is 0 Å². The molecule has 0 aromatic carbocycles. The van der Waals surface area contributed by atoms with E-state index in [0.717, 1.165) is 0 Å². The van der Waals surface area contributed by atoms with Crippen molar-refractivity contribution in [3.8, 4) is 0 Å². The molecule has 4 unspecified atom stereocenters. The number of fused-ring (bicyclic) bond motifs is 5. The third kappa shape index (κ3) is 1.65. The Hall–Kier alpha value is 0. The van der Waals surface area contributed by atoms with Crippen molar-refractivity contribution in [2.45, 2.75) is 59.8 Å². The molecule has 0 spiro atoms. The first-order chi connectivity index (χ1) is 5.95. The van der Waals surface area contributed by atoms with E-state index >= 15 is 0 Å². The van der Waals surface area contributed by atoms with Crippen LogP contribution in [0.25, 0.3) is 0 Å². The van der Waals surface area contributed by atoms with Gasteiger partial charge in [0.25, 0.3) is 0 Å². The molecule has 4 atom stereocenters. The minimum atomic E-state index is 0. The highest BCUT2D eigenvalue weighted by molar-refractivity contribution is 4.98. The summed E-state index contributed by atoms with van der Waals surface area (Å²) in [7, 11) is 0. The maximum Gasteiger partial charge on any atom is -0.0355 e. The van der Waals surface area contributed by atoms with Gasteiger partial charge in [0.2, 0.25) is 0 Å². The fourth-order valence-corrected chi connectivity index (χ4v) is 4.02. The third-order valence-corrected chi connectivity index (χ3v) is 4.35. The topological polar surface area (TPSA) is 0 Å². The molecule has 3 aliphatic rings. The minimum absolute atomic E-state index is 0. The Morgan fingerprint density at radius 1 is 0.769 bits per heavy atom. The van der Waals surface area contributed by atoms with Gasteiger partial charge in [-0.15, -0.1) is 0 Å². The Kier molecular flexibility index (Phi) is 3.82. The molecular formula is C13H26. The van der Waals surface area contributed by atoms with Crippen LogP contribution >= 0.6 is 0 Å². The molecule has 0 N–H and O–H groups in total. The average Bonchev–Trinajstić information content (AvgIpc) is 2.81. The molecule has 0 radical (unpaired) electrons. The largest absolute Gasteiger partial charge is 0.0776 e. The van der Waals surface area contributed by atoms with E-state index in [0.29, 0.717) is 0 Å². The summed E-state index contributed by atoms with van der Waals surface area (Å²) in [4.78, 5) is 0. The molecule has 3 fully saturated rings. The van der Waals surface area contributed by atoms with E-state index in [2.05, 4.69) is 0 Å². The van der Waals surface area contributed by atoms with Crippen LogP contribution in [-0.4, -0.2) is 0 Å². The minimum Gasteiger partial charge on any atom is -0.0776 e. The van der Waals surface area contributed by atoms with E-state index in [9.17, 15) is 0 Å². The van der Waals surface area contributed by atoms with E-state index in [-0.39, 0.29) is 7.43 Å². The van der Waals surface area contributed by atoms with Gasteiger partial charge in [0, 0.05) is 0 Å². The van der Waals surface area contributed by atoms with Gasteiger partial charge in [0.05, 0.1) is 0 Å². The summed E-state index contributed by atoms with van der Waals surface area (Å²) in [6.45, 7) is 4.00. The Morgan fingerprint density at radius 3 is 1.69 bits per heavy atom. The lowest BCUT2D eigenvalue weighted by Crippen LogP contribution is -2.15. The van der Waals surface area contributed by atoms with Gasteiger partial charge in [-0.2, -0.15) is 0 Å². The monoisotopic (exact) mass is 182 g/mol. The van der Waals surface area contributed by atoms with Crippen molar-refractivity contribution in [2.24, 2.45) is 23.7 Å². The molecule has 0 saturated heterocycles. The second-order valence-corrected chi connectivity index (χ2v) is 4.59. The van der Waals surface area contributed by atoms with Gasteiger partial charge in [-0.05, 0) is 55.8 Å². The summed E-state index contributed by atoms with van der Waals surface area (Å²) in [6, 6.07) is 0. The SMILES string of the molecule is C.C1CC2C3CCC(C3)C2C1.CC. The van der Waals surface area contributed by atoms with E-state index in [1.54, 1.807) is 38.5 Å². The van der Waals surface area contributed by atoms with Crippen molar-refractivity contribution in [1.29, 1.82) is 0 Å². The van der Waals surface area contributed by atoms with Crippen LogP contribution in [0.2, 0.25) is 0 Å². The van der Waals surface area contributed by atoms with Crippen LogP contribution in [0.4, 0.5) is 0 Å². The molecule has 0 nitrogen and oxygen atoms in total. The van der Waals surface area contributed by atoms with Gasteiger partial charge in [0.15, 0.2) is 0 Å². The summed E-state index contributed by atoms with van der Waals surface area (Å²) in [5.74, 6) is 4.80. The Balaban J connectivity index is 0.000000266. The molecule has 0 aromatic rings. The number of hydrogen-bond acceptors (Lipinski definition) is 0. The quantitative estimate of drug-likeness (QED) is 0.517. The predicted octanol–water partition coefficient (Wildman–Crippen LogP) is 4.49. The van der Waals surface area contributed by atoms with Crippen molar-refractivity contribution >= 4 is 0 Å². The molecule has 0 aromatic heterocycles. The van der Waals surface area contributed by atoms with Crippen LogP contribution < -0.4 is 0 Å². The summed E-state index contributed by atoms with van der Waals surface area (Å²) >= 11 is 0. The maximum absolute atomic E-state index is 2.00. The molecule has 0 amide bonds. The Morgan fingerprint density at radius 2 is 1.23 bits per heavy atom. The van der Waals surface area contributed by atoms with Crippen LogP contribution in [0.1, 0.15) is 59.8 Å². The lowest BCUT2D eigenvalue weighted by molar-refractivity contribution is 0.259. The summed E-state index contributed by atoms with van der Waals surface area (Å²) < 4.78 is 0. The average molecular weight is 182 g/mol. The standard InChI is InChI=1S/C10H16.C2H6.CH4/c1-2-9-7-4-5-8(6-7)10(9)3-1;1-2;/h7-10H,1-6H2;1-2H3;1H4. The molecule has 3 aliphatic carbocycles. The molecular weight excluding hydrogens is 156 g/mol. The van der Waals surface area contributed by atoms with E-state index in [4.69, 9.17) is 0 Å². The van der Waals surface area contributed by atoms with Crippen LogP contribution in [-0.2, 0) is 0 Å². The van der Waals surface area contributed by atoms with Crippen LogP contribution in [0.15, 0.2) is 0 Å². The van der Waals surface area contributed by atoms with E-state index in [1.165, 1.54) is 23.7 Å². The molecule has 13 heavy (non-hydrogen) atoms. The molecule has 78 valence electrons. The van der Waals surface area contributed by atoms with Gasteiger partial charge in [-0.3, -0.25) is 0 Å². The van der Waals surface area contributed by atoms with Crippen LogP contribution in [0.3, 0.4) is 0 Å². The van der Waals surface area contributed by atoms with Crippen LogP contribution in [0.5, 0.6) is 0 Å². The predicted molar refractivity (Wildman–Crippen MR) is 59.7 cm³/mol. The first-order valence-electron chi connectivity index (χ1n) is 5.95. The number of rotatable bonds is 0. The summed E-state index contributed by atoms with van der Waals surface area (Å²) in [6.07, 6.45) is 9.53. The first kappa shape index (κ1) is 11.1. The molecule has 3 saturated carbocycles. The van der Waals surface area contributed by atoms with Gasteiger partial charge >= 0.3 is 0 Å². The molecule has 3 rings (SSSR count). The third-order valence-electron chi connectivity index (χ3n) is 4.35. The van der Waals surface area contributed by atoms with Crippen LogP contribution in [0, 0.1) is 23.7 Å². The lowest BCUT2D eigenvalue weighted by atomic mass is 9.82.